The Morgan fingerprint density at radius 2 is 2.00 bits per heavy atom. The van der Waals surface area contributed by atoms with Crippen molar-refractivity contribution in [3.63, 3.8) is 0 Å². The molecule has 0 unspecified atom stereocenters. The van der Waals surface area contributed by atoms with Crippen LogP contribution < -0.4 is 5.32 Å². The highest BCUT2D eigenvalue weighted by molar-refractivity contribution is 5.68. The quantitative estimate of drug-likeness (QED) is 0.916. The van der Waals surface area contributed by atoms with Crippen LogP contribution in [0, 0.1) is 11.3 Å². The summed E-state index contributed by atoms with van der Waals surface area (Å²) in [6.07, 6.45) is -6.99. The van der Waals surface area contributed by atoms with E-state index >= 15 is 0 Å². The molecule has 0 aliphatic carbocycles. The second-order valence-electron chi connectivity index (χ2n) is 3.71. The predicted octanol–water partition coefficient (Wildman–Crippen LogP) is 2.76. The second kappa shape index (κ2) is 6.64. The molecule has 0 heterocycles. The van der Waals surface area contributed by atoms with Gasteiger partial charge in [-0.3, -0.25) is 0 Å². The van der Waals surface area contributed by atoms with E-state index in [-0.39, 0.29) is 6.61 Å². The SMILES string of the molecule is N#C[C@@H](CC(F)(F)F)NC(=O)OCc1ccccc1. The van der Waals surface area contributed by atoms with Crippen LogP contribution in [0.5, 0.6) is 0 Å². The fourth-order valence-corrected chi connectivity index (χ4v) is 1.27. The van der Waals surface area contributed by atoms with E-state index in [9.17, 15) is 18.0 Å². The molecule has 1 aromatic carbocycles. The first-order chi connectivity index (χ1) is 8.90. The number of rotatable bonds is 4. The first-order valence-electron chi connectivity index (χ1n) is 5.34. The number of nitrogens with one attached hydrogen (secondary N) is 1. The first kappa shape index (κ1) is 14.8. The van der Waals surface area contributed by atoms with Gasteiger partial charge >= 0.3 is 12.3 Å². The van der Waals surface area contributed by atoms with Gasteiger partial charge in [-0.15, -0.1) is 0 Å². The van der Waals surface area contributed by atoms with E-state index in [4.69, 9.17) is 10.00 Å². The smallest absolute Gasteiger partial charge is 0.408 e. The van der Waals surface area contributed by atoms with Gasteiger partial charge in [-0.25, -0.2) is 4.79 Å². The van der Waals surface area contributed by atoms with Crippen LogP contribution in [-0.2, 0) is 11.3 Å². The molecule has 1 N–H and O–H groups in total. The Hall–Kier alpha value is -2.23. The van der Waals surface area contributed by atoms with E-state index in [2.05, 4.69) is 0 Å². The molecule has 19 heavy (non-hydrogen) atoms. The van der Waals surface area contributed by atoms with Crippen molar-refractivity contribution in [1.82, 2.24) is 5.32 Å². The Kier molecular flexibility index (Phi) is 5.18. The topological polar surface area (TPSA) is 62.1 Å². The van der Waals surface area contributed by atoms with Crippen LogP contribution in [0.15, 0.2) is 30.3 Å². The van der Waals surface area contributed by atoms with Crippen LogP contribution in [-0.4, -0.2) is 18.3 Å². The van der Waals surface area contributed by atoms with E-state index < -0.39 is 24.7 Å². The number of carbonyl (C=O) groups excluding carboxylic acids is 1. The molecule has 0 saturated carbocycles. The molecule has 0 fully saturated rings. The summed E-state index contributed by atoms with van der Waals surface area (Å²) in [7, 11) is 0. The van der Waals surface area contributed by atoms with Gasteiger partial charge in [-0.05, 0) is 5.56 Å². The summed E-state index contributed by atoms with van der Waals surface area (Å²) in [5.41, 5.74) is 0.696. The largest absolute Gasteiger partial charge is 0.445 e. The standard InChI is InChI=1S/C12H11F3N2O2/c13-12(14,15)6-10(7-16)17-11(18)19-8-9-4-2-1-3-5-9/h1-5,10H,6,8H2,(H,17,18)/t10-/m1/s1. The number of hydrogen-bond donors (Lipinski definition) is 1. The number of amides is 1. The lowest BCUT2D eigenvalue weighted by Crippen LogP contribution is -2.37. The van der Waals surface area contributed by atoms with E-state index in [1.54, 1.807) is 30.3 Å². The van der Waals surface area contributed by atoms with Crippen molar-refractivity contribution in [2.45, 2.75) is 25.2 Å². The number of benzene rings is 1. The number of ether oxygens (including phenoxy) is 1. The number of hydrogen-bond acceptors (Lipinski definition) is 3. The molecule has 0 saturated heterocycles. The van der Waals surface area contributed by atoms with Crippen molar-refractivity contribution < 1.29 is 22.7 Å². The highest BCUT2D eigenvalue weighted by Crippen LogP contribution is 2.21. The van der Waals surface area contributed by atoms with Crippen LogP contribution in [0.3, 0.4) is 0 Å². The molecule has 0 aromatic heterocycles. The summed E-state index contributed by atoms with van der Waals surface area (Å²) >= 11 is 0. The van der Waals surface area contributed by atoms with E-state index in [1.165, 1.54) is 6.07 Å². The number of nitrogens with zero attached hydrogens (tertiary/aromatic N) is 1. The fraction of sp³-hybridized carbons (Fsp3) is 0.333. The zero-order chi connectivity index (χ0) is 14.3. The van der Waals surface area contributed by atoms with Gasteiger partial charge < -0.3 is 10.1 Å². The zero-order valence-electron chi connectivity index (χ0n) is 9.78. The second-order valence-corrected chi connectivity index (χ2v) is 3.71. The molecule has 1 atom stereocenters. The van der Waals surface area contributed by atoms with Crippen molar-refractivity contribution in [3.05, 3.63) is 35.9 Å². The summed E-state index contributed by atoms with van der Waals surface area (Å²) in [6.45, 7) is -0.0726. The molecule has 1 aromatic rings. The molecule has 0 aliphatic heterocycles. The van der Waals surface area contributed by atoms with Crippen LogP contribution in [0.2, 0.25) is 0 Å². The molecule has 0 spiro atoms. The molecular weight excluding hydrogens is 261 g/mol. The number of halogens is 3. The maximum Gasteiger partial charge on any atom is 0.408 e. The summed E-state index contributed by atoms with van der Waals surface area (Å²) in [4.78, 5) is 11.2. The van der Waals surface area contributed by atoms with Crippen LogP contribution in [0.4, 0.5) is 18.0 Å². The van der Waals surface area contributed by atoms with Gasteiger partial charge in [0.2, 0.25) is 0 Å². The number of alkyl carbamates (subject to hydrolysis) is 1. The average molecular weight is 272 g/mol. The fourth-order valence-electron chi connectivity index (χ4n) is 1.27. The highest BCUT2D eigenvalue weighted by Gasteiger charge is 2.32. The number of nitriles is 1. The molecule has 0 radical (unpaired) electrons. The van der Waals surface area contributed by atoms with Crippen molar-refractivity contribution >= 4 is 6.09 Å². The van der Waals surface area contributed by atoms with Crippen molar-refractivity contribution in [2.75, 3.05) is 0 Å². The molecule has 0 bridgehead atoms. The molecule has 7 heteroatoms. The Morgan fingerprint density at radius 1 is 1.37 bits per heavy atom. The van der Waals surface area contributed by atoms with Gasteiger partial charge in [0.05, 0.1) is 12.5 Å². The third kappa shape index (κ3) is 6.31. The molecule has 0 aliphatic rings. The van der Waals surface area contributed by atoms with E-state index in [0.29, 0.717) is 5.56 Å². The minimum Gasteiger partial charge on any atom is -0.445 e. The summed E-state index contributed by atoms with van der Waals surface area (Å²) in [5, 5.41) is 10.4. The maximum atomic E-state index is 12.1. The van der Waals surface area contributed by atoms with E-state index in [1.807, 2.05) is 5.32 Å². The summed E-state index contributed by atoms with van der Waals surface area (Å²) < 4.78 is 40.9. The van der Waals surface area contributed by atoms with E-state index in [0.717, 1.165) is 0 Å². The number of alkyl halides is 3. The van der Waals surface area contributed by atoms with Crippen LogP contribution >= 0.6 is 0 Å². The van der Waals surface area contributed by atoms with Gasteiger partial charge in [0, 0.05) is 0 Å². The minimum atomic E-state index is -4.52. The lowest BCUT2D eigenvalue weighted by atomic mass is 10.2. The van der Waals surface area contributed by atoms with Crippen molar-refractivity contribution in [3.8, 4) is 6.07 Å². The Labute approximate surface area is 107 Å². The van der Waals surface area contributed by atoms with Gasteiger partial charge in [0.1, 0.15) is 12.6 Å². The first-order valence-corrected chi connectivity index (χ1v) is 5.34. The van der Waals surface area contributed by atoms with Crippen molar-refractivity contribution in [2.24, 2.45) is 0 Å². The third-order valence-electron chi connectivity index (χ3n) is 2.10. The maximum absolute atomic E-state index is 12.1. The van der Waals surface area contributed by atoms with Crippen LogP contribution in [0.25, 0.3) is 0 Å². The Morgan fingerprint density at radius 3 is 2.53 bits per heavy atom. The summed E-state index contributed by atoms with van der Waals surface area (Å²) in [5.74, 6) is 0. The highest BCUT2D eigenvalue weighted by atomic mass is 19.4. The normalized spacial score (nSPS) is 12.3. The molecule has 1 amide bonds. The summed E-state index contributed by atoms with van der Waals surface area (Å²) in [6, 6.07) is 8.35. The van der Waals surface area contributed by atoms with Gasteiger partial charge in [0.15, 0.2) is 0 Å². The monoisotopic (exact) mass is 272 g/mol. The molecular formula is C12H11F3N2O2. The minimum absolute atomic E-state index is 0.0726. The zero-order valence-corrected chi connectivity index (χ0v) is 9.78. The lowest BCUT2D eigenvalue weighted by Gasteiger charge is -2.13. The third-order valence-corrected chi connectivity index (χ3v) is 2.10. The van der Waals surface area contributed by atoms with Gasteiger partial charge in [-0.1, -0.05) is 30.3 Å². The molecule has 4 nitrogen and oxygen atoms in total. The molecule has 102 valence electrons. The number of carbonyl (C=O) groups is 1. The van der Waals surface area contributed by atoms with Gasteiger partial charge in [0.25, 0.3) is 0 Å². The van der Waals surface area contributed by atoms with Crippen LogP contribution in [0.1, 0.15) is 12.0 Å². The van der Waals surface area contributed by atoms with Gasteiger partial charge in [-0.2, -0.15) is 18.4 Å². The predicted molar refractivity (Wildman–Crippen MR) is 59.8 cm³/mol. The Balaban J connectivity index is 2.40. The Bertz CT molecular complexity index is 454. The molecule has 1 rings (SSSR count). The van der Waals surface area contributed by atoms with Crippen molar-refractivity contribution in [1.29, 1.82) is 5.26 Å². The lowest BCUT2D eigenvalue weighted by molar-refractivity contribution is -0.136. The average Bonchev–Trinajstić information content (AvgIpc) is 2.35.